The van der Waals surface area contributed by atoms with Gasteiger partial charge < -0.3 is 0 Å². The summed E-state index contributed by atoms with van der Waals surface area (Å²) >= 11 is 0. The molecule has 0 heterocycles. The van der Waals surface area contributed by atoms with Gasteiger partial charge in [0.15, 0.2) is 0 Å². The number of halogens is 1. The molecule has 0 aliphatic carbocycles. The Balaban J connectivity index is 2.67. The van der Waals surface area contributed by atoms with Gasteiger partial charge in [-0.15, -0.1) is 0 Å². The van der Waals surface area contributed by atoms with Crippen LogP contribution in [0.5, 0.6) is 0 Å². The normalized spacial score (nSPS) is 11.3. The molecule has 0 saturated heterocycles. The summed E-state index contributed by atoms with van der Waals surface area (Å²) in [4.78, 5) is 11.5. The number of hydrazone groups is 1. The summed E-state index contributed by atoms with van der Waals surface area (Å²) in [6, 6.07) is 5.82. The van der Waals surface area contributed by atoms with Gasteiger partial charge in [0.05, 0.1) is 5.56 Å². The third-order valence-corrected chi connectivity index (χ3v) is 2.08. The minimum absolute atomic E-state index is 0.00977. The van der Waals surface area contributed by atoms with Gasteiger partial charge in [-0.2, -0.15) is 5.10 Å². The molecular weight excluding hydrogens is 207 g/mol. The van der Waals surface area contributed by atoms with Crippen LogP contribution >= 0.6 is 0 Å². The monoisotopic (exact) mass is 222 g/mol. The Morgan fingerprint density at radius 3 is 2.75 bits per heavy atom. The molecule has 4 heteroatoms. The van der Waals surface area contributed by atoms with Crippen LogP contribution in [-0.2, 0) is 0 Å². The highest BCUT2D eigenvalue weighted by Crippen LogP contribution is 2.05. The number of nitrogens with one attached hydrogen (secondary N) is 1. The summed E-state index contributed by atoms with van der Waals surface area (Å²) in [6.45, 7) is 3.85. The van der Waals surface area contributed by atoms with Gasteiger partial charge in [0.1, 0.15) is 5.82 Å². The maximum atomic E-state index is 13.2. The lowest BCUT2D eigenvalue weighted by molar-refractivity contribution is 0.0950. The maximum Gasteiger partial charge on any atom is 0.274 e. The molecule has 1 aromatic carbocycles. The highest BCUT2D eigenvalue weighted by molar-refractivity contribution is 5.95. The molecule has 0 aliphatic heterocycles. The second kappa shape index (κ2) is 6.00. The average Bonchev–Trinajstić information content (AvgIpc) is 2.27. The smallest absolute Gasteiger partial charge is 0.267 e. The minimum Gasteiger partial charge on any atom is -0.267 e. The molecule has 0 radical (unpaired) electrons. The van der Waals surface area contributed by atoms with E-state index in [1.807, 2.05) is 13.8 Å². The summed E-state index contributed by atoms with van der Waals surface area (Å²) in [5, 5.41) is 3.88. The van der Waals surface area contributed by atoms with E-state index >= 15 is 0 Å². The van der Waals surface area contributed by atoms with E-state index in [-0.39, 0.29) is 5.56 Å². The van der Waals surface area contributed by atoms with E-state index in [1.54, 1.807) is 6.07 Å². The number of amides is 1. The number of hydrogen-bond acceptors (Lipinski definition) is 2. The van der Waals surface area contributed by atoms with Gasteiger partial charge in [-0.1, -0.05) is 25.5 Å². The molecule has 86 valence electrons. The van der Waals surface area contributed by atoms with Gasteiger partial charge in [0.25, 0.3) is 5.91 Å². The second-order valence-corrected chi connectivity index (χ2v) is 3.52. The van der Waals surface area contributed by atoms with Crippen molar-refractivity contribution in [2.45, 2.75) is 26.7 Å². The molecule has 3 nitrogen and oxygen atoms in total. The molecule has 1 N–H and O–H groups in total. The first-order valence-corrected chi connectivity index (χ1v) is 5.23. The van der Waals surface area contributed by atoms with Crippen LogP contribution in [0.15, 0.2) is 29.4 Å². The Bertz CT molecular complexity index is 402. The fourth-order valence-corrected chi connectivity index (χ4v) is 1.27. The van der Waals surface area contributed by atoms with Crippen LogP contribution in [-0.4, -0.2) is 11.6 Å². The summed E-state index contributed by atoms with van der Waals surface area (Å²) < 4.78 is 13.2. The first kappa shape index (κ1) is 12.4. The molecule has 0 aromatic heterocycles. The van der Waals surface area contributed by atoms with E-state index in [1.165, 1.54) is 18.2 Å². The summed E-state index contributed by atoms with van der Waals surface area (Å²) in [5.41, 5.74) is 3.17. The van der Waals surface area contributed by atoms with E-state index in [2.05, 4.69) is 10.5 Å². The zero-order valence-corrected chi connectivity index (χ0v) is 9.46. The van der Waals surface area contributed by atoms with Gasteiger partial charge in [-0.3, -0.25) is 4.79 Å². The number of nitrogens with zero attached hydrogens (tertiary/aromatic N) is 1. The van der Waals surface area contributed by atoms with Crippen LogP contribution in [0, 0.1) is 5.82 Å². The highest BCUT2D eigenvalue weighted by Gasteiger charge is 2.09. The number of hydrogen-bond donors (Lipinski definition) is 1. The third kappa shape index (κ3) is 3.46. The first-order chi connectivity index (χ1) is 7.65. The van der Waals surface area contributed by atoms with Crippen LogP contribution in [0.2, 0.25) is 0 Å². The van der Waals surface area contributed by atoms with Gasteiger partial charge in [0.2, 0.25) is 0 Å². The van der Waals surface area contributed by atoms with Gasteiger partial charge >= 0.3 is 0 Å². The van der Waals surface area contributed by atoms with Gasteiger partial charge in [-0.25, -0.2) is 9.82 Å². The summed E-state index contributed by atoms with van der Waals surface area (Å²) in [6.07, 6.45) is 1.78. The zero-order valence-electron chi connectivity index (χ0n) is 9.46. The number of carbonyl (C=O) groups is 1. The molecule has 16 heavy (non-hydrogen) atoms. The van der Waals surface area contributed by atoms with Crippen LogP contribution in [0.4, 0.5) is 4.39 Å². The number of benzene rings is 1. The van der Waals surface area contributed by atoms with Crippen molar-refractivity contribution in [2.24, 2.45) is 5.10 Å². The molecule has 0 unspecified atom stereocenters. The van der Waals surface area contributed by atoms with Crippen molar-refractivity contribution >= 4 is 11.6 Å². The standard InChI is InChI=1S/C12H15FN2O/c1-3-6-9(2)14-15-12(16)10-7-4-5-8-11(10)13/h4-5,7-8H,3,6H2,1-2H3,(H,15,16)/b14-9+. The molecule has 1 amide bonds. The van der Waals surface area contributed by atoms with E-state index < -0.39 is 11.7 Å². The lowest BCUT2D eigenvalue weighted by atomic mass is 10.2. The third-order valence-electron chi connectivity index (χ3n) is 2.08. The van der Waals surface area contributed by atoms with Crippen molar-refractivity contribution in [1.82, 2.24) is 5.43 Å². The van der Waals surface area contributed by atoms with Crippen molar-refractivity contribution in [3.05, 3.63) is 35.6 Å². The minimum atomic E-state index is -0.539. The van der Waals surface area contributed by atoms with Gasteiger partial charge in [0, 0.05) is 5.71 Å². The molecule has 1 aromatic rings. The highest BCUT2D eigenvalue weighted by atomic mass is 19.1. The van der Waals surface area contributed by atoms with Crippen molar-refractivity contribution in [1.29, 1.82) is 0 Å². The van der Waals surface area contributed by atoms with E-state index in [4.69, 9.17) is 0 Å². The SMILES string of the molecule is CCC/C(C)=N/NC(=O)c1ccccc1F. The largest absolute Gasteiger partial charge is 0.274 e. The lowest BCUT2D eigenvalue weighted by Crippen LogP contribution is -2.20. The molecule has 1 rings (SSSR count). The van der Waals surface area contributed by atoms with E-state index in [9.17, 15) is 9.18 Å². The topological polar surface area (TPSA) is 41.5 Å². The molecule has 0 bridgehead atoms. The molecule has 0 spiro atoms. The molecule has 0 saturated carbocycles. The van der Waals surface area contributed by atoms with Crippen LogP contribution in [0.1, 0.15) is 37.0 Å². The predicted octanol–water partition coefficient (Wildman–Crippen LogP) is 2.73. The Labute approximate surface area is 94.4 Å². The van der Waals surface area contributed by atoms with E-state index in [0.29, 0.717) is 0 Å². The Kier molecular flexibility index (Phi) is 4.64. The molecular formula is C12H15FN2O. The van der Waals surface area contributed by atoms with Crippen molar-refractivity contribution < 1.29 is 9.18 Å². The summed E-state index contributed by atoms with van der Waals surface area (Å²) in [7, 11) is 0. The van der Waals surface area contributed by atoms with Crippen molar-refractivity contribution in [3.63, 3.8) is 0 Å². The molecule has 0 atom stereocenters. The van der Waals surface area contributed by atoms with Crippen LogP contribution in [0.3, 0.4) is 0 Å². The van der Waals surface area contributed by atoms with Crippen molar-refractivity contribution in [3.8, 4) is 0 Å². The Morgan fingerprint density at radius 1 is 1.44 bits per heavy atom. The molecule has 0 fully saturated rings. The average molecular weight is 222 g/mol. The zero-order chi connectivity index (χ0) is 12.0. The number of carbonyl (C=O) groups excluding carboxylic acids is 1. The molecule has 0 aliphatic rings. The summed E-state index contributed by atoms with van der Waals surface area (Å²) in [5.74, 6) is -1.06. The van der Waals surface area contributed by atoms with Gasteiger partial charge in [-0.05, 0) is 25.5 Å². The number of rotatable bonds is 4. The first-order valence-electron chi connectivity index (χ1n) is 5.23. The predicted molar refractivity (Wildman–Crippen MR) is 61.9 cm³/mol. The van der Waals surface area contributed by atoms with Crippen LogP contribution in [0.25, 0.3) is 0 Å². The van der Waals surface area contributed by atoms with Crippen molar-refractivity contribution in [2.75, 3.05) is 0 Å². The fraction of sp³-hybridized carbons (Fsp3) is 0.333. The lowest BCUT2D eigenvalue weighted by Gasteiger charge is -2.02. The van der Waals surface area contributed by atoms with Crippen LogP contribution < -0.4 is 5.43 Å². The fourth-order valence-electron chi connectivity index (χ4n) is 1.27. The second-order valence-electron chi connectivity index (χ2n) is 3.52. The maximum absolute atomic E-state index is 13.2. The Morgan fingerprint density at radius 2 is 2.12 bits per heavy atom. The Hall–Kier alpha value is -1.71. The quantitative estimate of drug-likeness (QED) is 0.617. The van der Waals surface area contributed by atoms with E-state index in [0.717, 1.165) is 18.6 Å².